The third kappa shape index (κ3) is 29.0. The first-order valence-electron chi connectivity index (χ1n) is 22.1. The minimum absolute atomic E-state index is 0.292. The standard InChI is InChI=1S/C40H80N16O8/c1-49-17-9-41-33(57)34(58)43-11-19-51(3)27-28-53(5)21-13-45-37(61)38(62)47-15-23-55(7)31-32-56(8)24-16-48-40(64)39(63)46-14-22-54(6)30-29-52(4)20-12-44-36(60)35(59)42-10-18-50(2)26-25-49/h9-32H2,1-8H3,(H,41,57)(H,42,59)(H,43,58)(H,44,60)(H,45,61)(H,46,63)(H,47,62)(H,48,64). The molecular formula is C40H80N16O8. The number of rotatable bonds is 0. The molecule has 0 aromatic heterocycles. The zero-order valence-electron chi connectivity index (χ0n) is 39.8. The van der Waals surface area contributed by atoms with Gasteiger partial charge in [0.05, 0.1) is 0 Å². The molecule has 1 aliphatic rings. The van der Waals surface area contributed by atoms with E-state index >= 15 is 0 Å². The first-order valence-corrected chi connectivity index (χ1v) is 22.1. The van der Waals surface area contributed by atoms with Crippen molar-refractivity contribution in [3.05, 3.63) is 0 Å². The lowest BCUT2D eigenvalue weighted by atomic mass is 10.4. The molecule has 0 aliphatic carbocycles. The second-order valence-electron chi connectivity index (χ2n) is 16.5. The summed E-state index contributed by atoms with van der Waals surface area (Å²) < 4.78 is 0. The van der Waals surface area contributed by atoms with Gasteiger partial charge in [0.25, 0.3) is 0 Å². The van der Waals surface area contributed by atoms with E-state index in [1.54, 1.807) is 0 Å². The number of likely N-dealkylation sites (N-methyl/N-ethyl adjacent to an activating group) is 8. The molecule has 368 valence electrons. The van der Waals surface area contributed by atoms with Gasteiger partial charge in [0.1, 0.15) is 0 Å². The van der Waals surface area contributed by atoms with Crippen molar-refractivity contribution in [2.24, 2.45) is 0 Å². The molecule has 1 heterocycles. The van der Waals surface area contributed by atoms with Gasteiger partial charge in [-0.3, -0.25) is 38.4 Å². The smallest absolute Gasteiger partial charge is 0.309 e. The zero-order valence-corrected chi connectivity index (χ0v) is 39.8. The molecule has 0 spiro atoms. The maximum Gasteiger partial charge on any atom is 0.309 e. The maximum absolute atomic E-state index is 12.3. The zero-order chi connectivity index (χ0) is 47.9. The monoisotopic (exact) mass is 913 g/mol. The van der Waals surface area contributed by atoms with Crippen molar-refractivity contribution in [1.82, 2.24) is 81.7 Å². The highest BCUT2D eigenvalue weighted by molar-refractivity contribution is 6.36. The van der Waals surface area contributed by atoms with Gasteiger partial charge in [0.15, 0.2) is 0 Å². The van der Waals surface area contributed by atoms with Crippen LogP contribution in [0.2, 0.25) is 0 Å². The van der Waals surface area contributed by atoms with Crippen LogP contribution < -0.4 is 42.5 Å². The lowest BCUT2D eigenvalue weighted by Gasteiger charge is -2.23. The minimum Gasteiger partial charge on any atom is -0.347 e. The number of amides is 8. The molecule has 24 nitrogen and oxygen atoms in total. The second kappa shape index (κ2) is 33.9. The molecule has 0 unspecified atom stereocenters. The molecule has 0 atom stereocenters. The molecule has 24 heteroatoms. The van der Waals surface area contributed by atoms with Gasteiger partial charge >= 0.3 is 47.3 Å². The van der Waals surface area contributed by atoms with Crippen molar-refractivity contribution in [3.63, 3.8) is 0 Å². The molecule has 1 rings (SSSR count). The molecule has 8 amide bonds. The Morgan fingerprint density at radius 2 is 0.297 bits per heavy atom. The van der Waals surface area contributed by atoms with Gasteiger partial charge in [-0.2, -0.15) is 0 Å². The summed E-state index contributed by atoms with van der Waals surface area (Å²) in [5.74, 6) is -5.60. The largest absolute Gasteiger partial charge is 0.347 e. The normalized spacial score (nSPS) is 22.9. The van der Waals surface area contributed by atoms with E-state index in [-0.39, 0.29) is 0 Å². The van der Waals surface area contributed by atoms with E-state index < -0.39 is 47.3 Å². The molecule has 8 N–H and O–H groups in total. The van der Waals surface area contributed by atoms with Crippen LogP contribution in [-0.4, -0.2) is 300 Å². The van der Waals surface area contributed by atoms with Crippen LogP contribution in [0.5, 0.6) is 0 Å². The fraction of sp³-hybridized carbons (Fsp3) is 0.800. The predicted molar refractivity (Wildman–Crippen MR) is 244 cm³/mol. The van der Waals surface area contributed by atoms with Gasteiger partial charge in [-0.1, -0.05) is 0 Å². The van der Waals surface area contributed by atoms with E-state index in [1.165, 1.54) is 0 Å². The van der Waals surface area contributed by atoms with Crippen molar-refractivity contribution in [2.75, 3.05) is 213 Å². The molecular weight excluding hydrogens is 833 g/mol. The van der Waals surface area contributed by atoms with E-state index in [0.29, 0.717) is 157 Å². The van der Waals surface area contributed by atoms with Crippen LogP contribution in [-0.2, 0) is 38.4 Å². The Morgan fingerprint density at radius 1 is 0.203 bits per heavy atom. The number of carbonyl (C=O) groups is 8. The van der Waals surface area contributed by atoms with E-state index in [9.17, 15) is 38.4 Å². The fourth-order valence-electron chi connectivity index (χ4n) is 5.78. The Bertz CT molecular complexity index is 1130. The Morgan fingerprint density at radius 3 is 0.391 bits per heavy atom. The Kier molecular flexibility index (Phi) is 30.4. The topological polar surface area (TPSA) is 259 Å². The highest BCUT2D eigenvalue weighted by Gasteiger charge is 2.17. The Labute approximate surface area is 380 Å². The Balaban J connectivity index is 2.61. The van der Waals surface area contributed by atoms with Crippen molar-refractivity contribution >= 4 is 47.3 Å². The first kappa shape index (κ1) is 57.5. The summed E-state index contributed by atoms with van der Waals surface area (Å²) in [6.07, 6.45) is 0. The van der Waals surface area contributed by atoms with Crippen LogP contribution in [0.25, 0.3) is 0 Å². The number of hydrogen-bond acceptors (Lipinski definition) is 16. The van der Waals surface area contributed by atoms with Gasteiger partial charge in [-0.05, 0) is 56.4 Å². The number of hydrogen-bond donors (Lipinski definition) is 8. The van der Waals surface area contributed by atoms with Crippen molar-refractivity contribution < 1.29 is 38.4 Å². The average molecular weight is 913 g/mol. The lowest BCUT2D eigenvalue weighted by molar-refractivity contribution is -0.139. The molecule has 64 heavy (non-hydrogen) atoms. The third-order valence-electron chi connectivity index (χ3n) is 10.5. The molecule has 1 aliphatic heterocycles. The van der Waals surface area contributed by atoms with Crippen LogP contribution in [0.3, 0.4) is 0 Å². The van der Waals surface area contributed by atoms with Gasteiger partial charge in [-0.15, -0.1) is 0 Å². The van der Waals surface area contributed by atoms with Crippen LogP contribution in [0.4, 0.5) is 0 Å². The van der Waals surface area contributed by atoms with E-state index in [1.807, 2.05) is 95.6 Å². The molecule has 0 radical (unpaired) electrons. The molecule has 1 fully saturated rings. The molecule has 0 aromatic carbocycles. The molecule has 0 saturated carbocycles. The van der Waals surface area contributed by atoms with Crippen molar-refractivity contribution in [3.8, 4) is 0 Å². The van der Waals surface area contributed by atoms with Gasteiger partial charge < -0.3 is 81.7 Å². The highest BCUT2D eigenvalue weighted by Crippen LogP contribution is 1.91. The summed E-state index contributed by atoms with van der Waals surface area (Å²) in [4.78, 5) is 115. The second-order valence-corrected chi connectivity index (χ2v) is 16.5. The predicted octanol–water partition coefficient (Wildman–Crippen LogP) is -7.62. The number of nitrogens with zero attached hydrogens (tertiary/aromatic N) is 8. The van der Waals surface area contributed by atoms with E-state index in [0.717, 1.165) is 0 Å². The van der Waals surface area contributed by atoms with Crippen LogP contribution in [0.15, 0.2) is 0 Å². The van der Waals surface area contributed by atoms with E-state index in [2.05, 4.69) is 42.5 Å². The highest BCUT2D eigenvalue weighted by atomic mass is 16.2. The summed E-state index contributed by atoms with van der Waals surface area (Å²) in [6, 6.07) is 0. The van der Waals surface area contributed by atoms with Crippen molar-refractivity contribution in [1.29, 1.82) is 0 Å². The van der Waals surface area contributed by atoms with Gasteiger partial charge in [0.2, 0.25) is 0 Å². The molecule has 0 aromatic rings. The summed E-state index contributed by atoms with van der Waals surface area (Å²) in [6.45, 7) is 12.0. The van der Waals surface area contributed by atoms with Crippen LogP contribution >= 0.6 is 0 Å². The SMILES string of the molecule is CN1CCNC(=O)C(=O)NCCN(C)CCN(C)CCNC(=O)C(=O)NCCN(C)CCN(C)CCNC(=O)C(=O)NCCN(C)CCN(C)CCNC(=O)C(=O)NCCN(C)CC1. The summed E-state index contributed by atoms with van der Waals surface area (Å²) in [5.41, 5.74) is 0. The minimum atomic E-state index is -0.700. The third-order valence-corrected chi connectivity index (χ3v) is 10.5. The lowest BCUT2D eigenvalue weighted by Crippen LogP contribution is -2.46. The van der Waals surface area contributed by atoms with Gasteiger partial charge in [-0.25, -0.2) is 0 Å². The van der Waals surface area contributed by atoms with E-state index in [4.69, 9.17) is 0 Å². The van der Waals surface area contributed by atoms with Crippen LogP contribution in [0.1, 0.15) is 0 Å². The summed E-state index contributed by atoms with van der Waals surface area (Å²) in [5, 5.41) is 21.2. The van der Waals surface area contributed by atoms with Crippen LogP contribution in [0, 0.1) is 0 Å². The maximum atomic E-state index is 12.3. The Hall–Kier alpha value is -4.56. The summed E-state index contributed by atoms with van der Waals surface area (Å²) in [7, 11) is 15.2. The number of nitrogens with one attached hydrogen (secondary N) is 8. The molecule has 0 bridgehead atoms. The number of carbonyl (C=O) groups excluding carboxylic acids is 8. The van der Waals surface area contributed by atoms with Gasteiger partial charge in [0, 0.05) is 157 Å². The quantitative estimate of drug-likeness (QED) is 0.105. The molecule has 1 saturated heterocycles. The average Bonchev–Trinajstić information content (AvgIpc) is 3.25. The summed E-state index contributed by atoms with van der Waals surface area (Å²) >= 11 is 0. The fourth-order valence-corrected chi connectivity index (χ4v) is 5.78. The van der Waals surface area contributed by atoms with Crippen molar-refractivity contribution in [2.45, 2.75) is 0 Å². The first-order chi connectivity index (χ1) is 30.4.